The van der Waals surface area contributed by atoms with Crippen LogP contribution >= 0.6 is 11.3 Å². The van der Waals surface area contributed by atoms with E-state index in [2.05, 4.69) is 9.97 Å². The minimum atomic E-state index is -1.01. The topological polar surface area (TPSA) is 57.0 Å². The number of aromatic nitrogens is 3. The van der Waals surface area contributed by atoms with Crippen molar-refractivity contribution in [1.29, 1.82) is 0 Å². The van der Waals surface area contributed by atoms with Gasteiger partial charge in [-0.25, -0.2) is 18.2 Å². The summed E-state index contributed by atoms with van der Waals surface area (Å²) >= 11 is 1.29. The van der Waals surface area contributed by atoms with Crippen molar-refractivity contribution in [3.8, 4) is 10.9 Å². The van der Waals surface area contributed by atoms with Gasteiger partial charge in [-0.2, -0.15) is 4.98 Å². The van der Waals surface area contributed by atoms with Gasteiger partial charge in [-0.3, -0.25) is 4.79 Å². The standard InChI is InChI=1S/C18H10F3N3O2S/c19-10-5-14(20)13(15(21)6-10)8-24-9-23-17(25)12-7-11(1-2-16(12)24)26-18-22-3-4-27-18/h1-7,9H,8H2. The summed E-state index contributed by atoms with van der Waals surface area (Å²) in [7, 11) is 0. The molecule has 0 aliphatic carbocycles. The first-order valence-electron chi connectivity index (χ1n) is 7.71. The summed E-state index contributed by atoms with van der Waals surface area (Å²) in [6.45, 7) is -0.256. The molecule has 4 rings (SSSR count). The number of fused-ring (bicyclic) bond motifs is 1. The number of halogens is 3. The summed E-state index contributed by atoms with van der Waals surface area (Å²) in [6.07, 6.45) is 2.77. The van der Waals surface area contributed by atoms with Crippen molar-refractivity contribution in [2.75, 3.05) is 0 Å². The van der Waals surface area contributed by atoms with Crippen molar-refractivity contribution < 1.29 is 17.9 Å². The normalized spacial score (nSPS) is 11.1. The quantitative estimate of drug-likeness (QED) is 0.527. The molecule has 0 bridgehead atoms. The van der Waals surface area contributed by atoms with Crippen molar-refractivity contribution in [3.05, 3.63) is 81.6 Å². The minimum Gasteiger partial charge on any atom is -0.431 e. The first kappa shape index (κ1) is 17.2. The molecule has 0 atom stereocenters. The highest BCUT2D eigenvalue weighted by atomic mass is 32.1. The highest BCUT2D eigenvalue weighted by molar-refractivity contribution is 7.11. The van der Waals surface area contributed by atoms with Gasteiger partial charge in [0.1, 0.15) is 23.2 Å². The third-order valence-electron chi connectivity index (χ3n) is 3.87. The highest BCUT2D eigenvalue weighted by Crippen LogP contribution is 2.26. The molecule has 9 heteroatoms. The molecule has 2 heterocycles. The van der Waals surface area contributed by atoms with Crippen molar-refractivity contribution in [2.24, 2.45) is 0 Å². The Morgan fingerprint density at radius 3 is 2.56 bits per heavy atom. The lowest BCUT2D eigenvalue weighted by Crippen LogP contribution is -2.14. The first-order valence-corrected chi connectivity index (χ1v) is 8.59. The van der Waals surface area contributed by atoms with Gasteiger partial charge in [0.25, 0.3) is 10.8 Å². The van der Waals surface area contributed by atoms with Crippen LogP contribution in [0.2, 0.25) is 0 Å². The van der Waals surface area contributed by atoms with Crippen LogP contribution in [0.5, 0.6) is 10.9 Å². The molecule has 0 radical (unpaired) electrons. The fourth-order valence-corrected chi connectivity index (χ4v) is 3.14. The zero-order valence-electron chi connectivity index (χ0n) is 13.5. The Morgan fingerprint density at radius 2 is 1.85 bits per heavy atom. The van der Waals surface area contributed by atoms with E-state index in [0.717, 1.165) is 0 Å². The molecule has 0 N–H and O–H groups in total. The van der Waals surface area contributed by atoms with Gasteiger partial charge in [-0.05, 0) is 18.2 Å². The van der Waals surface area contributed by atoms with E-state index in [-0.39, 0.29) is 17.5 Å². The van der Waals surface area contributed by atoms with E-state index in [0.29, 0.717) is 28.6 Å². The zero-order chi connectivity index (χ0) is 19.0. The van der Waals surface area contributed by atoms with Crippen LogP contribution in [0.1, 0.15) is 5.56 Å². The second kappa shape index (κ2) is 6.84. The molecule has 0 saturated carbocycles. The van der Waals surface area contributed by atoms with Crippen LogP contribution in [0.15, 0.2) is 53.0 Å². The molecule has 0 amide bonds. The Bertz CT molecular complexity index is 1170. The average Bonchev–Trinajstić information content (AvgIpc) is 3.13. The monoisotopic (exact) mass is 389 g/mol. The molecule has 0 fully saturated rings. The van der Waals surface area contributed by atoms with Crippen molar-refractivity contribution in [3.63, 3.8) is 0 Å². The molecule has 0 aliphatic rings. The maximum absolute atomic E-state index is 14.0. The molecule has 4 aromatic rings. The predicted molar refractivity (Wildman–Crippen MR) is 93.6 cm³/mol. The number of thiazole rings is 1. The van der Waals surface area contributed by atoms with Crippen LogP contribution in [-0.4, -0.2) is 14.5 Å². The number of ether oxygens (including phenoxy) is 1. The second-order valence-electron chi connectivity index (χ2n) is 5.60. The molecule has 2 aromatic heterocycles. The number of hydrogen-bond acceptors (Lipinski definition) is 5. The average molecular weight is 389 g/mol. The molecule has 136 valence electrons. The van der Waals surface area contributed by atoms with E-state index in [1.807, 2.05) is 0 Å². The Labute approximate surface area is 154 Å². The molecule has 0 saturated heterocycles. The Kier molecular flexibility index (Phi) is 4.36. The van der Waals surface area contributed by atoms with Gasteiger partial charge in [0.2, 0.25) is 0 Å². The number of hydrogen-bond donors (Lipinski definition) is 0. The largest absolute Gasteiger partial charge is 0.431 e. The molecule has 0 aliphatic heterocycles. The van der Waals surface area contributed by atoms with Crippen LogP contribution < -0.4 is 10.3 Å². The third kappa shape index (κ3) is 3.41. The fraction of sp³-hybridized carbons (Fsp3) is 0.0556. The number of nitrogens with zero attached hydrogens (tertiary/aromatic N) is 3. The van der Waals surface area contributed by atoms with Crippen LogP contribution in [0.25, 0.3) is 10.9 Å². The summed E-state index contributed by atoms with van der Waals surface area (Å²) in [5.41, 5.74) is -0.429. The summed E-state index contributed by atoms with van der Waals surface area (Å²) in [6, 6.07) is 5.89. The lowest BCUT2D eigenvalue weighted by molar-refractivity contribution is 0.479. The highest BCUT2D eigenvalue weighted by Gasteiger charge is 2.14. The molecule has 27 heavy (non-hydrogen) atoms. The molecule has 0 unspecified atom stereocenters. The maximum Gasteiger partial charge on any atom is 0.280 e. The SMILES string of the molecule is O=c1ncn(Cc2c(F)cc(F)cc2F)c2ccc(Oc3nccs3)cc12. The molecular formula is C18H10F3N3O2S. The van der Waals surface area contributed by atoms with E-state index >= 15 is 0 Å². The maximum atomic E-state index is 14.0. The van der Waals surface area contributed by atoms with Gasteiger partial charge in [0, 0.05) is 29.3 Å². The van der Waals surface area contributed by atoms with E-state index in [9.17, 15) is 18.0 Å². The van der Waals surface area contributed by atoms with Gasteiger partial charge in [-0.1, -0.05) is 11.3 Å². The van der Waals surface area contributed by atoms with E-state index < -0.39 is 23.0 Å². The summed E-state index contributed by atoms with van der Waals surface area (Å²) in [5.74, 6) is -2.64. The predicted octanol–water partition coefficient (Wildman–Crippen LogP) is 4.11. The van der Waals surface area contributed by atoms with Crippen LogP contribution in [-0.2, 0) is 6.54 Å². The van der Waals surface area contributed by atoms with Crippen LogP contribution in [0.4, 0.5) is 13.2 Å². The molecule has 0 spiro atoms. The lowest BCUT2D eigenvalue weighted by Gasteiger charge is -2.12. The first-order chi connectivity index (χ1) is 13.0. The number of benzene rings is 2. The van der Waals surface area contributed by atoms with Crippen LogP contribution in [0.3, 0.4) is 0 Å². The van der Waals surface area contributed by atoms with Crippen molar-refractivity contribution in [2.45, 2.75) is 6.54 Å². The van der Waals surface area contributed by atoms with E-state index in [1.54, 1.807) is 23.7 Å². The Balaban J connectivity index is 1.76. The smallest absolute Gasteiger partial charge is 0.280 e. The van der Waals surface area contributed by atoms with Crippen molar-refractivity contribution >= 4 is 22.2 Å². The van der Waals surface area contributed by atoms with E-state index in [1.165, 1.54) is 28.3 Å². The fourth-order valence-electron chi connectivity index (χ4n) is 2.64. The zero-order valence-corrected chi connectivity index (χ0v) is 14.3. The molecule has 5 nitrogen and oxygen atoms in total. The molecule has 2 aromatic carbocycles. The summed E-state index contributed by atoms with van der Waals surface area (Å²) in [4.78, 5) is 19.9. The second-order valence-corrected chi connectivity index (χ2v) is 6.46. The lowest BCUT2D eigenvalue weighted by atomic mass is 10.1. The van der Waals surface area contributed by atoms with Gasteiger partial charge < -0.3 is 9.30 Å². The Morgan fingerprint density at radius 1 is 1.07 bits per heavy atom. The molecular weight excluding hydrogens is 379 g/mol. The van der Waals surface area contributed by atoms with E-state index in [4.69, 9.17) is 4.74 Å². The Hall–Kier alpha value is -3.20. The minimum absolute atomic E-state index is 0.217. The van der Waals surface area contributed by atoms with Gasteiger partial charge in [-0.15, -0.1) is 0 Å². The van der Waals surface area contributed by atoms with Crippen LogP contribution in [0, 0.1) is 17.5 Å². The van der Waals surface area contributed by atoms with Gasteiger partial charge in [0.05, 0.1) is 23.8 Å². The van der Waals surface area contributed by atoms with Gasteiger partial charge >= 0.3 is 0 Å². The van der Waals surface area contributed by atoms with Gasteiger partial charge in [0.15, 0.2) is 0 Å². The summed E-state index contributed by atoms with van der Waals surface area (Å²) < 4.78 is 48.0. The number of rotatable bonds is 4. The summed E-state index contributed by atoms with van der Waals surface area (Å²) in [5, 5.41) is 2.37. The third-order valence-corrected chi connectivity index (χ3v) is 4.52. The van der Waals surface area contributed by atoms with Crippen molar-refractivity contribution in [1.82, 2.24) is 14.5 Å².